The van der Waals surface area contributed by atoms with Gasteiger partial charge < -0.3 is 5.32 Å². The summed E-state index contributed by atoms with van der Waals surface area (Å²) in [7, 11) is -3.46. The predicted molar refractivity (Wildman–Crippen MR) is 82.4 cm³/mol. The van der Waals surface area contributed by atoms with Crippen LogP contribution in [0.4, 0.5) is 0 Å². The lowest BCUT2D eigenvalue weighted by atomic mass is 9.98. The van der Waals surface area contributed by atoms with E-state index >= 15 is 0 Å². The summed E-state index contributed by atoms with van der Waals surface area (Å²) in [5.41, 5.74) is 0. The number of likely N-dealkylation sites (N-methyl/N-ethyl adjacent to an activating group) is 1. The standard InChI is InChI=1S/C14H26N4O2S/c1-4-15-7-8-18-10-13(9-16-18)21(19,20)17-14-6-5-11(2)12(14)3/h9-12,14-15,17H,4-8H2,1-3H3. The topological polar surface area (TPSA) is 76.0 Å². The second-order valence-electron chi connectivity index (χ2n) is 5.93. The third kappa shape index (κ3) is 4.05. The highest BCUT2D eigenvalue weighted by atomic mass is 32.2. The molecule has 120 valence electrons. The summed E-state index contributed by atoms with van der Waals surface area (Å²) >= 11 is 0. The van der Waals surface area contributed by atoms with Crippen LogP contribution >= 0.6 is 0 Å². The first-order chi connectivity index (χ1) is 9.94. The zero-order valence-electron chi connectivity index (χ0n) is 13.0. The third-order valence-corrected chi connectivity index (χ3v) is 5.90. The van der Waals surface area contributed by atoms with Gasteiger partial charge in [-0.25, -0.2) is 13.1 Å². The molecule has 1 aromatic rings. The van der Waals surface area contributed by atoms with E-state index in [4.69, 9.17) is 0 Å². The van der Waals surface area contributed by atoms with E-state index in [1.54, 1.807) is 10.9 Å². The Balaban J connectivity index is 1.99. The van der Waals surface area contributed by atoms with Crippen LogP contribution in [0.3, 0.4) is 0 Å². The zero-order valence-corrected chi connectivity index (χ0v) is 13.9. The molecule has 1 saturated carbocycles. The van der Waals surface area contributed by atoms with Crippen LogP contribution in [0.15, 0.2) is 17.3 Å². The summed E-state index contributed by atoms with van der Waals surface area (Å²) in [4.78, 5) is 0.255. The molecule has 21 heavy (non-hydrogen) atoms. The smallest absolute Gasteiger partial charge is 0.243 e. The number of sulfonamides is 1. The molecule has 0 saturated heterocycles. The lowest BCUT2D eigenvalue weighted by molar-refractivity contribution is 0.402. The Morgan fingerprint density at radius 2 is 2.14 bits per heavy atom. The van der Waals surface area contributed by atoms with Crippen molar-refractivity contribution in [3.8, 4) is 0 Å². The van der Waals surface area contributed by atoms with Crippen molar-refractivity contribution in [3.05, 3.63) is 12.4 Å². The minimum Gasteiger partial charge on any atom is -0.315 e. The van der Waals surface area contributed by atoms with E-state index < -0.39 is 10.0 Å². The van der Waals surface area contributed by atoms with E-state index in [9.17, 15) is 8.42 Å². The lowest BCUT2D eigenvalue weighted by Crippen LogP contribution is -2.37. The molecule has 6 nitrogen and oxygen atoms in total. The van der Waals surface area contributed by atoms with Crippen molar-refractivity contribution in [1.82, 2.24) is 19.8 Å². The first kappa shape index (κ1) is 16.5. The molecule has 3 atom stereocenters. The largest absolute Gasteiger partial charge is 0.315 e. The third-order valence-electron chi connectivity index (χ3n) is 4.46. The van der Waals surface area contributed by atoms with Gasteiger partial charge in [0.1, 0.15) is 4.90 Å². The van der Waals surface area contributed by atoms with Crippen LogP contribution in [0.1, 0.15) is 33.6 Å². The van der Waals surface area contributed by atoms with Gasteiger partial charge in [-0.15, -0.1) is 0 Å². The number of hydrogen-bond acceptors (Lipinski definition) is 4. The van der Waals surface area contributed by atoms with Gasteiger partial charge in [-0.05, 0) is 31.2 Å². The van der Waals surface area contributed by atoms with Gasteiger partial charge in [-0.1, -0.05) is 20.8 Å². The molecule has 1 fully saturated rings. The first-order valence-electron chi connectivity index (χ1n) is 7.69. The van der Waals surface area contributed by atoms with Crippen molar-refractivity contribution >= 4 is 10.0 Å². The number of rotatable bonds is 7. The van der Waals surface area contributed by atoms with Gasteiger partial charge in [-0.2, -0.15) is 5.10 Å². The zero-order chi connectivity index (χ0) is 15.5. The number of nitrogens with zero attached hydrogens (tertiary/aromatic N) is 2. The quantitative estimate of drug-likeness (QED) is 0.742. The van der Waals surface area contributed by atoms with Crippen molar-refractivity contribution in [2.45, 2.75) is 51.1 Å². The van der Waals surface area contributed by atoms with E-state index in [-0.39, 0.29) is 10.9 Å². The highest BCUT2D eigenvalue weighted by Crippen LogP contribution is 2.31. The van der Waals surface area contributed by atoms with Crippen molar-refractivity contribution in [3.63, 3.8) is 0 Å². The van der Waals surface area contributed by atoms with Crippen LogP contribution < -0.4 is 10.0 Å². The molecular weight excluding hydrogens is 288 g/mol. The molecule has 1 aliphatic carbocycles. The van der Waals surface area contributed by atoms with E-state index in [0.717, 1.165) is 25.9 Å². The van der Waals surface area contributed by atoms with Gasteiger partial charge in [-0.3, -0.25) is 4.68 Å². The van der Waals surface area contributed by atoms with Crippen molar-refractivity contribution in [2.24, 2.45) is 11.8 Å². The molecule has 3 unspecified atom stereocenters. The van der Waals surface area contributed by atoms with E-state index in [1.807, 2.05) is 6.92 Å². The first-order valence-corrected chi connectivity index (χ1v) is 9.18. The summed E-state index contributed by atoms with van der Waals surface area (Å²) in [5.74, 6) is 0.948. The van der Waals surface area contributed by atoms with Crippen LogP contribution in [0, 0.1) is 11.8 Å². The normalized spacial score (nSPS) is 26.3. The number of aromatic nitrogens is 2. The second-order valence-corrected chi connectivity index (χ2v) is 7.65. The summed E-state index contributed by atoms with van der Waals surface area (Å²) in [5, 5.41) is 7.31. The van der Waals surface area contributed by atoms with Gasteiger partial charge in [0.25, 0.3) is 0 Å². The maximum atomic E-state index is 12.4. The van der Waals surface area contributed by atoms with Crippen LogP contribution in [0.25, 0.3) is 0 Å². The molecule has 0 radical (unpaired) electrons. The molecule has 0 bridgehead atoms. The molecule has 1 aliphatic rings. The molecule has 2 rings (SSSR count). The van der Waals surface area contributed by atoms with Crippen LogP contribution in [0.2, 0.25) is 0 Å². The molecule has 0 spiro atoms. The molecule has 1 aromatic heterocycles. The Morgan fingerprint density at radius 1 is 1.38 bits per heavy atom. The van der Waals surface area contributed by atoms with Crippen LogP contribution in [0.5, 0.6) is 0 Å². The van der Waals surface area contributed by atoms with Gasteiger partial charge in [0.05, 0.1) is 12.7 Å². The van der Waals surface area contributed by atoms with Crippen molar-refractivity contribution < 1.29 is 8.42 Å². The minimum atomic E-state index is -3.46. The predicted octanol–water partition coefficient (Wildman–Crippen LogP) is 1.21. The van der Waals surface area contributed by atoms with Crippen LogP contribution in [-0.4, -0.2) is 37.3 Å². The second kappa shape index (κ2) is 6.89. The fourth-order valence-corrected chi connectivity index (χ4v) is 4.09. The molecule has 1 heterocycles. The SMILES string of the molecule is CCNCCn1cc(S(=O)(=O)NC2CCC(C)C2C)cn1. The average Bonchev–Trinajstić information content (AvgIpc) is 3.02. The highest BCUT2D eigenvalue weighted by Gasteiger charge is 2.33. The maximum Gasteiger partial charge on any atom is 0.243 e. The van der Waals surface area contributed by atoms with E-state index in [2.05, 4.69) is 29.0 Å². The van der Waals surface area contributed by atoms with Crippen molar-refractivity contribution in [1.29, 1.82) is 0 Å². The Hall–Kier alpha value is -0.920. The Bertz CT molecular complexity index is 555. The lowest BCUT2D eigenvalue weighted by Gasteiger charge is -2.19. The van der Waals surface area contributed by atoms with Crippen LogP contribution in [-0.2, 0) is 16.6 Å². The van der Waals surface area contributed by atoms with Gasteiger partial charge in [0.15, 0.2) is 0 Å². The number of hydrogen-bond donors (Lipinski definition) is 2. The molecule has 0 aromatic carbocycles. The monoisotopic (exact) mass is 314 g/mol. The molecule has 0 aliphatic heterocycles. The van der Waals surface area contributed by atoms with Crippen molar-refractivity contribution in [2.75, 3.05) is 13.1 Å². The fourth-order valence-electron chi connectivity index (χ4n) is 2.77. The highest BCUT2D eigenvalue weighted by molar-refractivity contribution is 7.89. The summed E-state index contributed by atoms with van der Waals surface area (Å²) < 4.78 is 29.3. The van der Waals surface area contributed by atoms with E-state index in [0.29, 0.717) is 18.4 Å². The Kier molecular flexibility index (Phi) is 5.40. The number of nitrogens with one attached hydrogen (secondary N) is 2. The van der Waals surface area contributed by atoms with Gasteiger partial charge in [0, 0.05) is 18.8 Å². The average molecular weight is 314 g/mol. The molecule has 7 heteroatoms. The summed E-state index contributed by atoms with van der Waals surface area (Å²) in [6.45, 7) is 8.67. The van der Waals surface area contributed by atoms with Gasteiger partial charge >= 0.3 is 0 Å². The Morgan fingerprint density at radius 3 is 2.76 bits per heavy atom. The molecular formula is C14H26N4O2S. The molecule has 2 N–H and O–H groups in total. The van der Waals surface area contributed by atoms with Gasteiger partial charge in [0.2, 0.25) is 10.0 Å². The minimum absolute atomic E-state index is 0.0371. The Labute approximate surface area is 127 Å². The molecule has 0 amide bonds. The fraction of sp³-hybridized carbons (Fsp3) is 0.786. The maximum absolute atomic E-state index is 12.4. The summed E-state index contributed by atoms with van der Waals surface area (Å²) in [6.07, 6.45) is 5.02. The summed E-state index contributed by atoms with van der Waals surface area (Å²) in [6, 6.07) is 0.0371. The van der Waals surface area contributed by atoms with E-state index in [1.165, 1.54) is 6.20 Å².